The largest absolute Gasteiger partial charge is 0.496 e. The highest BCUT2D eigenvalue weighted by Gasteiger charge is 2.34. The van der Waals surface area contributed by atoms with Crippen LogP contribution >= 0.6 is 0 Å². The fourth-order valence-electron chi connectivity index (χ4n) is 3.10. The Kier molecular flexibility index (Phi) is 4.90. The number of rotatable bonds is 4. The van der Waals surface area contributed by atoms with Gasteiger partial charge in [-0.05, 0) is 54.4 Å². The van der Waals surface area contributed by atoms with E-state index in [9.17, 15) is 13.2 Å². The maximum Gasteiger partial charge on any atom is 0.419 e. The minimum absolute atomic E-state index is 0.159. The van der Waals surface area contributed by atoms with E-state index < -0.39 is 11.7 Å². The van der Waals surface area contributed by atoms with Crippen molar-refractivity contribution in [1.29, 1.82) is 0 Å². The second kappa shape index (κ2) is 6.96. The van der Waals surface area contributed by atoms with Crippen molar-refractivity contribution in [1.82, 2.24) is 4.90 Å². The van der Waals surface area contributed by atoms with Crippen LogP contribution in [0.1, 0.15) is 22.3 Å². The molecule has 0 aromatic heterocycles. The van der Waals surface area contributed by atoms with Crippen molar-refractivity contribution in [3.05, 3.63) is 58.7 Å². The maximum absolute atomic E-state index is 13.1. The zero-order valence-electron chi connectivity index (χ0n) is 14.3. The number of anilines is 1. The van der Waals surface area contributed by atoms with Gasteiger partial charge in [-0.15, -0.1) is 0 Å². The summed E-state index contributed by atoms with van der Waals surface area (Å²) in [7, 11) is 3.33. The SMILES string of the molecule is COc1ccc(CNc2ccc3c(c2)CN(C)CC3)cc1C(F)(F)F. The van der Waals surface area contributed by atoms with Gasteiger partial charge in [0.15, 0.2) is 0 Å². The molecule has 0 atom stereocenters. The lowest BCUT2D eigenvalue weighted by Crippen LogP contribution is -2.26. The molecule has 2 aromatic rings. The molecule has 0 aliphatic carbocycles. The smallest absolute Gasteiger partial charge is 0.419 e. The van der Waals surface area contributed by atoms with Crippen molar-refractivity contribution >= 4 is 5.69 Å². The van der Waals surface area contributed by atoms with Crippen LogP contribution in [0.4, 0.5) is 18.9 Å². The van der Waals surface area contributed by atoms with Crippen LogP contribution in [-0.2, 0) is 25.7 Å². The van der Waals surface area contributed by atoms with Crippen LogP contribution in [0.25, 0.3) is 0 Å². The number of alkyl halides is 3. The number of benzene rings is 2. The van der Waals surface area contributed by atoms with Gasteiger partial charge in [-0.1, -0.05) is 12.1 Å². The zero-order valence-corrected chi connectivity index (χ0v) is 14.3. The van der Waals surface area contributed by atoms with E-state index in [1.165, 1.54) is 24.3 Å². The van der Waals surface area contributed by atoms with Gasteiger partial charge in [0.1, 0.15) is 5.75 Å². The molecule has 1 heterocycles. The average Bonchev–Trinajstić information content (AvgIpc) is 2.58. The molecule has 1 aliphatic heterocycles. The van der Waals surface area contributed by atoms with Crippen LogP contribution in [0, 0.1) is 0 Å². The third kappa shape index (κ3) is 4.07. The van der Waals surface area contributed by atoms with Gasteiger partial charge in [-0.25, -0.2) is 0 Å². The first-order valence-electron chi connectivity index (χ1n) is 8.15. The number of likely N-dealkylation sites (N-methyl/N-ethyl adjacent to an activating group) is 1. The van der Waals surface area contributed by atoms with Crippen LogP contribution in [0.2, 0.25) is 0 Å². The van der Waals surface area contributed by atoms with E-state index in [4.69, 9.17) is 4.74 Å². The fraction of sp³-hybridized carbons (Fsp3) is 0.368. The van der Waals surface area contributed by atoms with Crippen molar-refractivity contribution in [2.24, 2.45) is 0 Å². The molecule has 0 saturated carbocycles. The number of nitrogens with one attached hydrogen (secondary N) is 1. The quantitative estimate of drug-likeness (QED) is 0.889. The summed E-state index contributed by atoms with van der Waals surface area (Å²) in [6.45, 7) is 2.26. The molecule has 0 spiro atoms. The van der Waals surface area contributed by atoms with Crippen LogP contribution < -0.4 is 10.1 Å². The summed E-state index contributed by atoms with van der Waals surface area (Å²) >= 11 is 0. The van der Waals surface area contributed by atoms with Gasteiger partial charge in [0.05, 0.1) is 12.7 Å². The minimum Gasteiger partial charge on any atom is -0.496 e. The normalized spacial score (nSPS) is 14.9. The molecular formula is C19H21F3N2O. The van der Waals surface area contributed by atoms with E-state index >= 15 is 0 Å². The Bertz CT molecular complexity index is 759. The summed E-state index contributed by atoms with van der Waals surface area (Å²) < 4.78 is 44.1. The van der Waals surface area contributed by atoms with Crippen molar-refractivity contribution < 1.29 is 17.9 Å². The Morgan fingerprint density at radius 2 is 1.92 bits per heavy atom. The van der Waals surface area contributed by atoms with Crippen molar-refractivity contribution in [2.75, 3.05) is 26.0 Å². The van der Waals surface area contributed by atoms with E-state index in [1.807, 2.05) is 6.07 Å². The first-order chi connectivity index (χ1) is 11.9. The minimum atomic E-state index is -4.43. The second-order valence-corrected chi connectivity index (χ2v) is 6.36. The predicted molar refractivity (Wildman–Crippen MR) is 91.8 cm³/mol. The molecule has 3 nitrogen and oxygen atoms in total. The summed E-state index contributed by atoms with van der Waals surface area (Å²) in [4.78, 5) is 2.26. The summed E-state index contributed by atoms with van der Waals surface area (Å²) in [5, 5.41) is 3.22. The molecule has 0 bridgehead atoms. The fourth-order valence-corrected chi connectivity index (χ4v) is 3.10. The van der Waals surface area contributed by atoms with Crippen molar-refractivity contribution in [3.8, 4) is 5.75 Å². The molecule has 0 amide bonds. The Morgan fingerprint density at radius 1 is 1.12 bits per heavy atom. The number of nitrogens with zero attached hydrogens (tertiary/aromatic N) is 1. The first-order valence-corrected chi connectivity index (χ1v) is 8.15. The molecule has 6 heteroatoms. The monoisotopic (exact) mass is 350 g/mol. The summed E-state index contributed by atoms with van der Waals surface area (Å²) in [6, 6.07) is 10.3. The number of hydrogen-bond acceptors (Lipinski definition) is 3. The number of hydrogen-bond donors (Lipinski definition) is 1. The van der Waals surface area contributed by atoms with Crippen LogP contribution in [0.3, 0.4) is 0 Å². The summed E-state index contributed by atoms with van der Waals surface area (Å²) in [6.07, 6.45) is -3.41. The van der Waals surface area contributed by atoms with Gasteiger partial charge in [-0.3, -0.25) is 0 Å². The van der Waals surface area contributed by atoms with Crippen molar-refractivity contribution in [2.45, 2.75) is 25.7 Å². The van der Waals surface area contributed by atoms with E-state index in [1.54, 1.807) is 6.07 Å². The van der Waals surface area contributed by atoms with E-state index in [0.29, 0.717) is 12.1 Å². The molecule has 3 rings (SSSR count). The standard InChI is InChI=1S/C19H21F3N2O/c1-24-8-7-14-4-5-16(10-15(14)12-24)23-11-13-3-6-18(25-2)17(9-13)19(20,21)22/h3-6,9-10,23H,7-8,11-12H2,1-2H3. The Balaban J connectivity index is 1.75. The van der Waals surface area contributed by atoms with Crippen molar-refractivity contribution in [3.63, 3.8) is 0 Å². The highest BCUT2D eigenvalue weighted by molar-refractivity contribution is 5.50. The topological polar surface area (TPSA) is 24.5 Å². The lowest BCUT2D eigenvalue weighted by atomic mass is 9.99. The van der Waals surface area contributed by atoms with Crippen LogP contribution in [-0.4, -0.2) is 25.6 Å². The van der Waals surface area contributed by atoms with Crippen LogP contribution in [0.15, 0.2) is 36.4 Å². The van der Waals surface area contributed by atoms with E-state index in [2.05, 4.69) is 29.4 Å². The molecule has 1 N–H and O–H groups in total. The van der Waals surface area contributed by atoms with E-state index in [-0.39, 0.29) is 5.75 Å². The Hall–Kier alpha value is -2.21. The summed E-state index contributed by atoms with van der Waals surface area (Å²) in [5.74, 6) is -0.159. The zero-order chi connectivity index (χ0) is 18.0. The third-order valence-corrected chi connectivity index (χ3v) is 4.48. The van der Waals surface area contributed by atoms with Crippen LogP contribution in [0.5, 0.6) is 5.75 Å². The summed E-state index contributed by atoms with van der Waals surface area (Å²) in [5.41, 5.74) is 3.33. The highest BCUT2D eigenvalue weighted by Crippen LogP contribution is 2.36. The van der Waals surface area contributed by atoms with Gasteiger partial charge >= 0.3 is 6.18 Å². The molecule has 25 heavy (non-hydrogen) atoms. The highest BCUT2D eigenvalue weighted by atomic mass is 19.4. The molecule has 0 unspecified atom stereocenters. The van der Waals surface area contributed by atoms with E-state index in [0.717, 1.165) is 31.3 Å². The van der Waals surface area contributed by atoms with Gasteiger partial charge in [0.25, 0.3) is 0 Å². The third-order valence-electron chi connectivity index (χ3n) is 4.48. The Labute approximate surface area is 145 Å². The Morgan fingerprint density at radius 3 is 2.64 bits per heavy atom. The lowest BCUT2D eigenvalue weighted by Gasteiger charge is -2.25. The number of fused-ring (bicyclic) bond motifs is 1. The lowest BCUT2D eigenvalue weighted by molar-refractivity contribution is -0.138. The molecular weight excluding hydrogens is 329 g/mol. The number of halogens is 3. The first kappa shape index (κ1) is 17.6. The molecule has 0 fully saturated rings. The van der Waals surface area contributed by atoms with Gasteiger partial charge in [-0.2, -0.15) is 13.2 Å². The molecule has 2 aromatic carbocycles. The second-order valence-electron chi connectivity index (χ2n) is 6.36. The predicted octanol–water partition coefficient (Wildman–Crippen LogP) is 4.31. The molecule has 1 aliphatic rings. The maximum atomic E-state index is 13.1. The number of methoxy groups -OCH3 is 1. The number of ether oxygens (including phenoxy) is 1. The van der Waals surface area contributed by atoms with Gasteiger partial charge in [0, 0.05) is 25.3 Å². The van der Waals surface area contributed by atoms with Gasteiger partial charge < -0.3 is 15.0 Å². The molecule has 134 valence electrons. The molecule has 0 radical (unpaired) electrons. The average molecular weight is 350 g/mol. The molecule has 0 saturated heterocycles. The van der Waals surface area contributed by atoms with Gasteiger partial charge in [0.2, 0.25) is 0 Å².